The summed E-state index contributed by atoms with van der Waals surface area (Å²) in [6.45, 7) is 0. The van der Waals surface area contributed by atoms with Gasteiger partial charge in [-0.15, -0.1) is 0 Å². The highest BCUT2D eigenvalue weighted by Crippen LogP contribution is 2.51. The van der Waals surface area contributed by atoms with Gasteiger partial charge in [0.25, 0.3) is 0 Å². The average molecular weight is 561 g/mol. The van der Waals surface area contributed by atoms with Crippen molar-refractivity contribution < 1.29 is 23.8 Å². The van der Waals surface area contributed by atoms with Crippen molar-refractivity contribution in [3.63, 3.8) is 0 Å². The third kappa shape index (κ3) is 5.23. The number of rotatable bonds is 7. The summed E-state index contributed by atoms with van der Waals surface area (Å²) in [4.78, 5) is 19.2. The van der Waals surface area contributed by atoms with Gasteiger partial charge in [-0.3, -0.25) is 4.57 Å². The van der Waals surface area contributed by atoms with Gasteiger partial charge in [0.2, 0.25) is 0 Å². The van der Waals surface area contributed by atoms with E-state index in [0.717, 1.165) is 39.3 Å². The minimum absolute atomic E-state index is 0.0251. The van der Waals surface area contributed by atoms with Crippen molar-refractivity contribution >= 4 is 25.1 Å². The smallest absolute Gasteiger partial charge is 0.356 e. The summed E-state index contributed by atoms with van der Waals surface area (Å²) in [6.07, 6.45) is 4.10. The second kappa shape index (κ2) is 10.9. The predicted molar refractivity (Wildman–Crippen MR) is 165 cm³/mol. The maximum atomic E-state index is 11.8. The molecule has 41 heavy (non-hydrogen) atoms. The molecule has 0 aliphatic heterocycles. The fourth-order valence-corrected chi connectivity index (χ4v) is 6.15. The van der Waals surface area contributed by atoms with Crippen molar-refractivity contribution in [3.8, 4) is 33.8 Å². The minimum atomic E-state index is -4.32. The zero-order chi connectivity index (χ0) is 28.6. The first kappa shape index (κ1) is 26.8. The fraction of sp³-hybridized carbons (Fsp3) is 0.0857. The molecule has 0 bridgehead atoms. The fourth-order valence-electron chi connectivity index (χ4n) is 5.61. The van der Waals surface area contributed by atoms with Crippen LogP contribution in [-0.2, 0) is 4.57 Å². The van der Waals surface area contributed by atoms with Crippen LogP contribution in [0, 0.1) is 0 Å². The van der Waals surface area contributed by atoms with E-state index in [-0.39, 0.29) is 11.2 Å². The maximum absolute atomic E-state index is 11.8. The van der Waals surface area contributed by atoms with Gasteiger partial charge in [-0.05, 0) is 74.3 Å². The van der Waals surface area contributed by atoms with E-state index in [1.165, 1.54) is 22.3 Å². The highest BCUT2D eigenvalue weighted by molar-refractivity contribution is 7.60. The molecule has 0 saturated carbocycles. The van der Waals surface area contributed by atoms with Crippen molar-refractivity contribution in [1.29, 1.82) is 0 Å². The molecule has 5 nitrogen and oxygen atoms in total. The van der Waals surface area contributed by atoms with E-state index in [2.05, 4.69) is 60.7 Å². The molecular formula is C35H29O5P. The van der Waals surface area contributed by atoms with Crippen LogP contribution in [-0.4, -0.2) is 24.0 Å². The van der Waals surface area contributed by atoms with Crippen LogP contribution in [0.25, 0.3) is 34.4 Å². The largest absolute Gasteiger partial charge is 0.497 e. The van der Waals surface area contributed by atoms with Crippen LogP contribution in [0.5, 0.6) is 11.5 Å². The first-order valence-corrected chi connectivity index (χ1v) is 14.9. The molecule has 1 atom stereocenters. The third-order valence-electron chi connectivity index (χ3n) is 7.58. The van der Waals surface area contributed by atoms with Crippen molar-refractivity contribution in [2.45, 2.75) is 5.92 Å². The number of hydrogen-bond acceptors (Lipinski definition) is 3. The molecule has 0 unspecified atom stereocenters. The summed E-state index contributed by atoms with van der Waals surface area (Å²) in [6, 6.07) is 35.8. The van der Waals surface area contributed by atoms with E-state index in [4.69, 9.17) is 9.47 Å². The van der Waals surface area contributed by atoms with E-state index in [9.17, 15) is 14.4 Å². The summed E-state index contributed by atoms with van der Waals surface area (Å²) >= 11 is 0. The molecule has 1 aliphatic rings. The summed E-state index contributed by atoms with van der Waals surface area (Å²) in [5.41, 5.74) is 10.0. The topological polar surface area (TPSA) is 76.0 Å². The zero-order valence-electron chi connectivity index (χ0n) is 22.7. The van der Waals surface area contributed by atoms with E-state index >= 15 is 0 Å². The Morgan fingerprint density at radius 3 is 1.93 bits per heavy atom. The molecule has 0 amide bonds. The summed E-state index contributed by atoms with van der Waals surface area (Å²) < 4.78 is 22.6. The Labute approximate surface area is 239 Å². The van der Waals surface area contributed by atoms with Crippen LogP contribution in [0.1, 0.15) is 33.7 Å². The highest BCUT2D eigenvalue weighted by Gasteiger charge is 2.32. The first-order chi connectivity index (χ1) is 19.9. The van der Waals surface area contributed by atoms with Gasteiger partial charge in [-0.25, -0.2) is 0 Å². The molecule has 204 valence electrons. The SMILES string of the molecule is COc1cc(/C=C/c2ccc(-c3cccc4c3[C@@H](c3ccc(P(=O)(O)O)cc3)c3ccccc3-4)cc2)cc(OC)c1. The number of methoxy groups -OCH3 is 2. The second-order valence-electron chi connectivity index (χ2n) is 10.0. The van der Waals surface area contributed by atoms with E-state index < -0.39 is 7.60 Å². The molecule has 0 spiro atoms. The first-order valence-electron chi connectivity index (χ1n) is 13.3. The van der Waals surface area contributed by atoms with Crippen LogP contribution < -0.4 is 14.8 Å². The molecule has 6 rings (SSSR count). The van der Waals surface area contributed by atoms with Crippen molar-refractivity contribution in [2.24, 2.45) is 0 Å². The number of fused-ring (bicyclic) bond motifs is 3. The number of hydrogen-bond donors (Lipinski definition) is 2. The number of ether oxygens (including phenoxy) is 2. The Morgan fingerprint density at radius 1 is 0.659 bits per heavy atom. The molecule has 5 aromatic carbocycles. The Bertz CT molecular complexity index is 1780. The Kier molecular flexibility index (Phi) is 7.10. The monoisotopic (exact) mass is 560 g/mol. The van der Waals surface area contributed by atoms with Crippen molar-refractivity contribution in [1.82, 2.24) is 0 Å². The van der Waals surface area contributed by atoms with Crippen LogP contribution in [0.3, 0.4) is 0 Å². The third-order valence-corrected chi connectivity index (χ3v) is 8.55. The molecule has 0 saturated heterocycles. The minimum Gasteiger partial charge on any atom is -0.497 e. The lowest BCUT2D eigenvalue weighted by atomic mass is 9.85. The summed E-state index contributed by atoms with van der Waals surface area (Å²) in [5.74, 6) is 1.43. The van der Waals surface area contributed by atoms with Gasteiger partial charge in [-0.1, -0.05) is 91.0 Å². The summed E-state index contributed by atoms with van der Waals surface area (Å²) in [7, 11) is -1.03. The molecule has 0 fully saturated rings. The standard InChI is InChI=1S/C35H29O5P/c1-39-27-20-24(21-28(22-27)40-2)11-10-23-12-14-25(15-13-23)30-8-5-9-33-31-6-3-4-7-32(31)34(35(30)33)26-16-18-29(19-17-26)41(36,37)38/h3-22,34H,1-2H3,(H2,36,37,38)/b11-10+/t34-/m0/s1. The van der Waals surface area contributed by atoms with E-state index in [0.29, 0.717) is 0 Å². The molecular weight excluding hydrogens is 531 g/mol. The van der Waals surface area contributed by atoms with Gasteiger partial charge >= 0.3 is 7.60 Å². The zero-order valence-corrected chi connectivity index (χ0v) is 23.6. The average Bonchev–Trinajstić information content (AvgIpc) is 3.34. The van der Waals surface area contributed by atoms with Crippen molar-refractivity contribution in [3.05, 3.63) is 137 Å². The number of benzene rings is 5. The molecule has 0 aromatic heterocycles. The van der Waals surface area contributed by atoms with E-state index in [1.54, 1.807) is 26.4 Å². The van der Waals surface area contributed by atoms with E-state index in [1.807, 2.05) is 48.5 Å². The normalized spacial score (nSPS) is 14.1. The molecule has 0 radical (unpaired) electrons. The van der Waals surface area contributed by atoms with Crippen LogP contribution in [0.4, 0.5) is 0 Å². The second-order valence-corrected chi connectivity index (χ2v) is 11.6. The van der Waals surface area contributed by atoms with Gasteiger partial charge in [0.15, 0.2) is 0 Å². The van der Waals surface area contributed by atoms with Gasteiger partial charge in [0, 0.05) is 12.0 Å². The molecule has 6 heteroatoms. The van der Waals surface area contributed by atoms with Gasteiger partial charge < -0.3 is 19.3 Å². The molecule has 5 aromatic rings. The van der Waals surface area contributed by atoms with Crippen molar-refractivity contribution in [2.75, 3.05) is 14.2 Å². The Morgan fingerprint density at radius 2 is 1.27 bits per heavy atom. The lowest BCUT2D eigenvalue weighted by molar-refractivity contribution is 0.387. The van der Waals surface area contributed by atoms with Crippen LogP contribution >= 0.6 is 7.60 Å². The molecule has 0 heterocycles. The van der Waals surface area contributed by atoms with Gasteiger partial charge in [-0.2, -0.15) is 0 Å². The Balaban J connectivity index is 1.37. The van der Waals surface area contributed by atoms with Crippen LogP contribution in [0.15, 0.2) is 109 Å². The lowest BCUT2D eigenvalue weighted by Crippen LogP contribution is -2.06. The lowest BCUT2D eigenvalue weighted by Gasteiger charge is -2.19. The highest BCUT2D eigenvalue weighted by atomic mass is 31.2. The predicted octanol–water partition coefficient (Wildman–Crippen LogP) is 7.50. The van der Waals surface area contributed by atoms with Crippen LogP contribution in [0.2, 0.25) is 0 Å². The molecule has 2 N–H and O–H groups in total. The molecule has 1 aliphatic carbocycles. The Hall–Kier alpha value is -4.41. The van der Waals surface area contributed by atoms with Gasteiger partial charge in [0.1, 0.15) is 11.5 Å². The quantitative estimate of drug-likeness (QED) is 0.156. The maximum Gasteiger partial charge on any atom is 0.356 e. The summed E-state index contributed by atoms with van der Waals surface area (Å²) in [5, 5.41) is 0.0251. The van der Waals surface area contributed by atoms with Gasteiger partial charge in [0.05, 0.1) is 19.5 Å².